The van der Waals surface area contributed by atoms with Gasteiger partial charge in [0.15, 0.2) is 5.13 Å². The Morgan fingerprint density at radius 3 is 2.31 bits per heavy atom. The van der Waals surface area contributed by atoms with Gasteiger partial charge in [0.1, 0.15) is 0 Å². The van der Waals surface area contributed by atoms with Crippen LogP contribution in [0.4, 0.5) is 5.13 Å². The van der Waals surface area contributed by atoms with Crippen molar-refractivity contribution in [2.75, 3.05) is 5.32 Å². The van der Waals surface area contributed by atoms with Gasteiger partial charge in [0.25, 0.3) is 0 Å². The van der Waals surface area contributed by atoms with Crippen molar-refractivity contribution in [1.82, 2.24) is 4.98 Å². The van der Waals surface area contributed by atoms with Crippen molar-refractivity contribution in [2.24, 2.45) is 11.8 Å². The minimum absolute atomic E-state index is 0.301. The minimum Gasteiger partial charge on any atom is -0.550 e. The number of aromatic nitrogens is 1. The summed E-state index contributed by atoms with van der Waals surface area (Å²) >= 11 is 1.41. The second kappa shape index (κ2) is 8.91. The maximum Gasteiger partial charge on any atom is 0.230 e. The predicted molar refractivity (Wildman–Crippen MR) is 115 cm³/mol. The Labute approximate surface area is 175 Å². The summed E-state index contributed by atoms with van der Waals surface area (Å²) in [4.78, 5) is 30.0. The molecule has 1 aliphatic carbocycles. The number of carboxylic acid groups (broad SMARTS) is 1. The number of rotatable bonds is 6. The molecule has 0 bridgehead atoms. The van der Waals surface area contributed by atoms with E-state index in [-0.39, 0.29) is 5.91 Å². The zero-order chi connectivity index (χ0) is 21.1. The number of aliphatic carboxylic acids is 1. The Bertz CT molecular complexity index is 944. The predicted octanol–water partition coefficient (Wildman–Crippen LogP) is 4.12. The number of carbonyl (C=O) groups excluding carboxylic acids is 2. The van der Waals surface area contributed by atoms with Crippen molar-refractivity contribution in [3.05, 3.63) is 45.9 Å². The fourth-order valence-corrected chi connectivity index (χ4v) is 4.69. The molecule has 2 unspecified atom stereocenters. The lowest BCUT2D eigenvalue weighted by molar-refractivity contribution is -0.313. The molecule has 6 heteroatoms. The Hall–Kier alpha value is -2.47. The number of thiazole rings is 1. The van der Waals surface area contributed by atoms with Gasteiger partial charge >= 0.3 is 0 Å². The minimum atomic E-state index is -1.17. The van der Waals surface area contributed by atoms with Crippen molar-refractivity contribution in [2.45, 2.75) is 53.4 Å². The molecule has 1 amide bonds. The Kier molecular flexibility index (Phi) is 6.52. The molecule has 1 N–H and O–H groups in total. The van der Waals surface area contributed by atoms with E-state index in [2.05, 4.69) is 41.5 Å². The molecule has 0 saturated carbocycles. The van der Waals surface area contributed by atoms with Crippen LogP contribution in [0.2, 0.25) is 0 Å². The van der Waals surface area contributed by atoms with E-state index in [1.54, 1.807) is 0 Å². The molecule has 0 saturated heterocycles. The highest BCUT2D eigenvalue weighted by Crippen LogP contribution is 2.36. The normalized spacial score (nSPS) is 19.3. The third kappa shape index (κ3) is 4.75. The molecular weight excluding hydrogens is 384 g/mol. The van der Waals surface area contributed by atoms with Gasteiger partial charge in [-0.3, -0.25) is 4.79 Å². The zero-order valence-corrected chi connectivity index (χ0v) is 18.2. The van der Waals surface area contributed by atoms with E-state index >= 15 is 0 Å². The third-order valence-electron chi connectivity index (χ3n) is 5.70. The van der Waals surface area contributed by atoms with Crippen LogP contribution in [0.25, 0.3) is 11.3 Å². The van der Waals surface area contributed by atoms with Gasteiger partial charge in [-0.2, -0.15) is 0 Å². The first-order valence-corrected chi connectivity index (χ1v) is 10.9. The average Bonchev–Trinajstić information content (AvgIpc) is 3.04. The van der Waals surface area contributed by atoms with Crippen molar-refractivity contribution in [1.29, 1.82) is 0 Å². The van der Waals surface area contributed by atoms with Crippen molar-refractivity contribution < 1.29 is 14.7 Å². The first-order valence-electron chi connectivity index (χ1n) is 10.0. The van der Waals surface area contributed by atoms with E-state index in [0.717, 1.165) is 40.1 Å². The van der Waals surface area contributed by atoms with Crippen LogP contribution in [0.15, 0.2) is 35.4 Å². The molecule has 29 heavy (non-hydrogen) atoms. The highest BCUT2D eigenvalue weighted by molar-refractivity contribution is 7.16. The van der Waals surface area contributed by atoms with Crippen LogP contribution in [0.1, 0.15) is 50.5 Å². The van der Waals surface area contributed by atoms with E-state index in [0.29, 0.717) is 18.0 Å². The number of benzene rings is 1. The summed E-state index contributed by atoms with van der Waals surface area (Å²) in [5, 5.41) is 14.9. The lowest BCUT2D eigenvalue weighted by atomic mass is 9.76. The molecule has 154 valence electrons. The zero-order valence-electron chi connectivity index (χ0n) is 17.4. The maximum atomic E-state index is 12.9. The number of amides is 1. The molecule has 0 spiro atoms. The monoisotopic (exact) mass is 411 g/mol. The molecule has 1 aliphatic rings. The number of anilines is 1. The number of allylic oxidation sites excluding steroid dienone is 2. The van der Waals surface area contributed by atoms with Gasteiger partial charge in [0.05, 0.1) is 11.6 Å². The van der Waals surface area contributed by atoms with Crippen LogP contribution >= 0.6 is 11.3 Å². The summed E-state index contributed by atoms with van der Waals surface area (Å²) in [7, 11) is 0. The quantitative estimate of drug-likeness (QED) is 0.725. The van der Waals surface area contributed by atoms with Crippen LogP contribution < -0.4 is 10.4 Å². The van der Waals surface area contributed by atoms with Gasteiger partial charge < -0.3 is 15.2 Å². The van der Waals surface area contributed by atoms with Crippen LogP contribution in [0.5, 0.6) is 0 Å². The highest BCUT2D eigenvalue weighted by Gasteiger charge is 2.34. The van der Waals surface area contributed by atoms with E-state index in [4.69, 9.17) is 0 Å². The SMILES string of the molecule is CCCc1ccc(-c2nc(NC(=O)C3CC(C)=C(C)CC3C(=O)[O-])sc2C)cc1. The first kappa shape index (κ1) is 21.2. The van der Waals surface area contributed by atoms with Crippen LogP contribution in [-0.4, -0.2) is 16.9 Å². The highest BCUT2D eigenvalue weighted by atomic mass is 32.1. The van der Waals surface area contributed by atoms with E-state index in [9.17, 15) is 14.7 Å². The molecule has 0 fully saturated rings. The number of carbonyl (C=O) groups is 2. The molecule has 1 heterocycles. The van der Waals surface area contributed by atoms with Gasteiger partial charge in [-0.1, -0.05) is 48.8 Å². The summed E-state index contributed by atoms with van der Waals surface area (Å²) in [6.07, 6.45) is 2.95. The summed E-state index contributed by atoms with van der Waals surface area (Å²) in [5.74, 6) is -2.90. The van der Waals surface area contributed by atoms with Gasteiger partial charge in [0.2, 0.25) is 5.91 Å². The molecule has 1 aromatic carbocycles. The second-order valence-corrected chi connectivity index (χ2v) is 9.06. The molecular formula is C23H27N2O3S-. The largest absolute Gasteiger partial charge is 0.550 e. The lowest BCUT2D eigenvalue weighted by Crippen LogP contribution is -2.42. The standard InChI is InChI=1S/C23H28N2O3S/c1-5-6-16-7-9-17(10-8-16)20-15(4)29-23(24-20)25-21(26)18-11-13(2)14(3)12-19(18)22(27)28/h7-10,18-19H,5-6,11-12H2,1-4H3,(H,27,28)(H,24,25,26)/p-1. The smallest absolute Gasteiger partial charge is 0.230 e. The maximum absolute atomic E-state index is 12.9. The average molecular weight is 412 g/mol. The van der Waals surface area contributed by atoms with Gasteiger partial charge in [-0.25, -0.2) is 4.98 Å². The van der Waals surface area contributed by atoms with Gasteiger partial charge in [0, 0.05) is 22.3 Å². The fraction of sp³-hybridized carbons (Fsp3) is 0.435. The van der Waals surface area contributed by atoms with Gasteiger partial charge in [-0.05, 0) is 45.6 Å². The Balaban J connectivity index is 1.77. The van der Waals surface area contributed by atoms with Crippen molar-refractivity contribution >= 4 is 28.3 Å². The molecule has 1 aromatic heterocycles. The van der Waals surface area contributed by atoms with Crippen LogP contribution in [0, 0.1) is 18.8 Å². The number of hydrogen-bond donors (Lipinski definition) is 1. The number of nitrogens with zero attached hydrogens (tertiary/aromatic N) is 1. The van der Waals surface area contributed by atoms with E-state index in [1.807, 2.05) is 20.8 Å². The molecule has 2 aromatic rings. The van der Waals surface area contributed by atoms with Crippen LogP contribution in [-0.2, 0) is 16.0 Å². The number of nitrogens with one attached hydrogen (secondary N) is 1. The Morgan fingerprint density at radius 2 is 1.72 bits per heavy atom. The first-order chi connectivity index (χ1) is 13.8. The molecule has 5 nitrogen and oxygen atoms in total. The topological polar surface area (TPSA) is 82.1 Å². The van der Waals surface area contributed by atoms with E-state index < -0.39 is 17.8 Å². The molecule has 2 atom stereocenters. The Morgan fingerprint density at radius 1 is 1.10 bits per heavy atom. The molecule has 3 rings (SSSR count). The lowest BCUT2D eigenvalue weighted by Gasteiger charge is -2.32. The second-order valence-electron chi connectivity index (χ2n) is 7.86. The van der Waals surface area contributed by atoms with Crippen LogP contribution in [0.3, 0.4) is 0 Å². The molecule has 0 radical (unpaired) electrons. The van der Waals surface area contributed by atoms with Crippen molar-refractivity contribution in [3.63, 3.8) is 0 Å². The van der Waals surface area contributed by atoms with Gasteiger partial charge in [-0.15, -0.1) is 11.3 Å². The fourth-order valence-electron chi connectivity index (χ4n) is 3.85. The summed E-state index contributed by atoms with van der Waals surface area (Å²) in [6, 6.07) is 8.34. The third-order valence-corrected chi connectivity index (χ3v) is 6.58. The number of carboxylic acids is 1. The summed E-state index contributed by atoms with van der Waals surface area (Å²) in [6.45, 7) is 8.00. The summed E-state index contributed by atoms with van der Waals surface area (Å²) < 4.78 is 0. The number of hydrogen-bond acceptors (Lipinski definition) is 5. The molecule has 0 aliphatic heterocycles. The number of aryl methyl sites for hydroxylation is 2. The van der Waals surface area contributed by atoms with Crippen molar-refractivity contribution in [3.8, 4) is 11.3 Å². The summed E-state index contributed by atoms with van der Waals surface area (Å²) in [5.41, 5.74) is 5.26. The van der Waals surface area contributed by atoms with E-state index in [1.165, 1.54) is 16.9 Å².